The Bertz CT molecular complexity index is 1070. The van der Waals surface area contributed by atoms with Crippen LogP contribution in [0.2, 0.25) is 0 Å². The summed E-state index contributed by atoms with van der Waals surface area (Å²) in [5.41, 5.74) is 1.99. The maximum atomic E-state index is 14.9. The van der Waals surface area contributed by atoms with Crippen LogP contribution in [-0.4, -0.2) is 54.0 Å². The second kappa shape index (κ2) is 9.06. The average molecular weight is 513 g/mol. The van der Waals surface area contributed by atoms with Crippen LogP contribution in [0.25, 0.3) is 0 Å². The summed E-state index contributed by atoms with van der Waals surface area (Å²) in [7, 11) is -16.8. The number of aromatic amines is 1. The molecule has 20 heteroatoms. The van der Waals surface area contributed by atoms with Gasteiger partial charge in [0, 0.05) is 24.7 Å². The van der Waals surface area contributed by atoms with Crippen molar-refractivity contribution in [2.45, 2.75) is 24.9 Å². The van der Waals surface area contributed by atoms with E-state index in [2.05, 4.69) is 13.1 Å². The van der Waals surface area contributed by atoms with Gasteiger partial charge >= 0.3 is 29.2 Å². The fourth-order valence-corrected chi connectivity index (χ4v) is 5.82. The van der Waals surface area contributed by atoms with Gasteiger partial charge in [-0.3, -0.25) is 18.9 Å². The highest BCUT2D eigenvalue weighted by molar-refractivity contribution is 7.66. The van der Waals surface area contributed by atoms with Crippen molar-refractivity contribution in [1.29, 1.82) is 0 Å². The number of hydrogen-bond acceptors (Lipinski definition) is 10. The fraction of sp³-hybridized carbons (Fsp3) is 0.636. The Hall–Kier alpha value is -1.06. The quantitative estimate of drug-likeness (QED) is 0.219. The Morgan fingerprint density at radius 2 is 1.84 bits per heavy atom. The molecule has 1 saturated heterocycles. The van der Waals surface area contributed by atoms with Crippen molar-refractivity contribution in [3.8, 4) is 0 Å². The Morgan fingerprint density at radius 1 is 1.23 bits per heavy atom. The van der Waals surface area contributed by atoms with Crippen molar-refractivity contribution in [1.82, 2.24) is 9.55 Å². The molecule has 1 aromatic heterocycles. The molecule has 6 atom stereocenters. The smallest absolute Gasteiger partial charge is 0.344 e. The number of alkyl halides is 1. The predicted octanol–water partition coefficient (Wildman–Crippen LogP) is -0.920. The van der Waals surface area contributed by atoms with Crippen molar-refractivity contribution in [2.75, 3.05) is 13.2 Å². The minimum Gasteiger partial charge on any atom is -0.344 e. The second-order valence-electron chi connectivity index (χ2n) is 6.39. The number of phosphoric acid groups is 3. The van der Waals surface area contributed by atoms with Gasteiger partial charge in [0.25, 0.3) is 5.56 Å². The van der Waals surface area contributed by atoms with Crippen molar-refractivity contribution in [2.24, 2.45) is 11.7 Å². The largest absolute Gasteiger partial charge is 0.490 e. The van der Waals surface area contributed by atoms with Crippen molar-refractivity contribution >= 4 is 23.5 Å². The first-order chi connectivity index (χ1) is 14.0. The van der Waals surface area contributed by atoms with Crippen molar-refractivity contribution in [3.63, 3.8) is 0 Å². The summed E-state index contributed by atoms with van der Waals surface area (Å²) in [4.78, 5) is 60.8. The zero-order valence-electron chi connectivity index (χ0n) is 15.5. The van der Waals surface area contributed by atoms with Crippen LogP contribution in [0.3, 0.4) is 0 Å². The molecule has 0 radical (unpaired) electrons. The number of nitrogens with one attached hydrogen (secondary N) is 1. The number of rotatable bonds is 9. The second-order valence-corrected chi connectivity index (χ2v) is 10.8. The van der Waals surface area contributed by atoms with Crippen molar-refractivity contribution < 1.29 is 55.5 Å². The summed E-state index contributed by atoms with van der Waals surface area (Å²) < 4.78 is 66.7. The molecule has 31 heavy (non-hydrogen) atoms. The van der Waals surface area contributed by atoms with Gasteiger partial charge in [-0.1, -0.05) is 6.92 Å². The highest BCUT2D eigenvalue weighted by Crippen LogP contribution is 2.66. The molecule has 2 heterocycles. The summed E-state index contributed by atoms with van der Waals surface area (Å²) >= 11 is 0. The van der Waals surface area contributed by atoms with Gasteiger partial charge in [0.15, 0.2) is 12.4 Å². The summed E-state index contributed by atoms with van der Waals surface area (Å²) in [6.07, 6.45) is -2.58. The molecule has 2 unspecified atom stereocenters. The molecule has 0 amide bonds. The van der Waals surface area contributed by atoms with Crippen LogP contribution in [-0.2, 0) is 31.6 Å². The summed E-state index contributed by atoms with van der Waals surface area (Å²) in [6, 6.07) is 0.927. The zero-order valence-corrected chi connectivity index (χ0v) is 18.2. The molecule has 0 aliphatic carbocycles. The standard InChI is InChI=1S/C11H19FN3O13P3/c1-6-8(12)9(15-3-2-7(16)14-10(15)17)26-11(6,4-13)5-25-30(21,22)28-31(23,24)27-29(18,19)20/h2-3,6,8-9H,4-5,13H2,1H3,(H,21,22)(H,23,24)(H,14,16,17)(H2,18,19,20)/t6-,8+,9+,11+/m0/s1. The van der Waals surface area contributed by atoms with Crippen LogP contribution in [0.15, 0.2) is 21.9 Å². The summed E-state index contributed by atoms with van der Waals surface area (Å²) in [5, 5.41) is 0. The van der Waals surface area contributed by atoms with Crippen LogP contribution >= 0.6 is 23.5 Å². The minimum absolute atomic E-state index is 0.529. The minimum atomic E-state index is -5.75. The number of aromatic nitrogens is 2. The normalized spacial score (nSPS) is 30.6. The Kier molecular flexibility index (Phi) is 7.65. The average Bonchev–Trinajstić information content (AvgIpc) is 2.82. The monoisotopic (exact) mass is 513 g/mol. The topological polar surface area (TPSA) is 250 Å². The van der Waals surface area contributed by atoms with Gasteiger partial charge in [-0.05, 0) is 0 Å². The molecule has 1 aliphatic rings. The van der Waals surface area contributed by atoms with Gasteiger partial charge in [-0.25, -0.2) is 22.9 Å². The number of nitrogens with zero attached hydrogens (tertiary/aromatic N) is 1. The van der Waals surface area contributed by atoms with Gasteiger partial charge in [0.2, 0.25) is 0 Å². The molecule has 0 saturated carbocycles. The molecule has 1 fully saturated rings. The molecule has 1 aliphatic heterocycles. The third-order valence-electron chi connectivity index (χ3n) is 4.29. The molecule has 0 aromatic carbocycles. The maximum Gasteiger partial charge on any atom is 0.490 e. The number of hydrogen-bond donors (Lipinski definition) is 6. The maximum absolute atomic E-state index is 14.9. The van der Waals surface area contributed by atoms with Crippen LogP contribution in [0, 0.1) is 5.92 Å². The molecule has 7 N–H and O–H groups in total. The SMILES string of the molecule is C[C@H]1[C@@H](F)[C@H](n2ccc(=O)[nH]c2=O)O[C@]1(CN)COP(=O)(O)OP(=O)(O)OP(=O)(O)O. The van der Waals surface area contributed by atoms with E-state index in [-0.39, 0.29) is 0 Å². The molecule has 0 spiro atoms. The summed E-state index contributed by atoms with van der Waals surface area (Å²) in [6.45, 7) is -0.267. The van der Waals surface area contributed by atoms with E-state index in [0.717, 1.165) is 12.3 Å². The van der Waals surface area contributed by atoms with Crippen LogP contribution in [0.4, 0.5) is 4.39 Å². The zero-order chi connectivity index (χ0) is 23.8. The predicted molar refractivity (Wildman–Crippen MR) is 97.1 cm³/mol. The molecule has 16 nitrogen and oxygen atoms in total. The lowest BCUT2D eigenvalue weighted by molar-refractivity contribution is -0.106. The molecule has 1 aromatic rings. The highest BCUT2D eigenvalue weighted by atomic mass is 31.3. The number of ether oxygens (including phenoxy) is 1. The number of H-pyrrole nitrogens is 1. The fourth-order valence-electron chi connectivity index (χ4n) is 2.74. The van der Waals surface area contributed by atoms with Crippen LogP contribution < -0.4 is 17.0 Å². The molecule has 178 valence electrons. The van der Waals surface area contributed by atoms with Gasteiger partial charge in [0.05, 0.1) is 6.61 Å². The number of phosphoric ester groups is 1. The highest BCUT2D eigenvalue weighted by Gasteiger charge is 2.55. The lowest BCUT2D eigenvalue weighted by Crippen LogP contribution is -2.47. The van der Waals surface area contributed by atoms with E-state index in [1.54, 1.807) is 0 Å². The lowest BCUT2D eigenvalue weighted by atomic mass is 9.88. The van der Waals surface area contributed by atoms with Gasteiger partial charge in [-0.2, -0.15) is 8.62 Å². The van der Waals surface area contributed by atoms with E-state index in [4.69, 9.17) is 25.2 Å². The lowest BCUT2D eigenvalue weighted by Gasteiger charge is -2.31. The summed E-state index contributed by atoms with van der Waals surface area (Å²) in [5.74, 6) is -1.17. The van der Waals surface area contributed by atoms with E-state index in [0.29, 0.717) is 4.57 Å². The van der Waals surface area contributed by atoms with E-state index >= 15 is 0 Å². The van der Waals surface area contributed by atoms with Crippen LogP contribution in [0.1, 0.15) is 13.2 Å². The Morgan fingerprint density at radius 3 is 2.35 bits per heavy atom. The molecule has 2 rings (SSSR count). The van der Waals surface area contributed by atoms with Crippen molar-refractivity contribution in [3.05, 3.63) is 33.1 Å². The molecule has 0 bridgehead atoms. The van der Waals surface area contributed by atoms with E-state index in [1.165, 1.54) is 6.92 Å². The molecular formula is C11H19FN3O13P3. The molecular weight excluding hydrogens is 494 g/mol. The van der Waals surface area contributed by atoms with E-state index < -0.39 is 71.8 Å². The first-order valence-electron chi connectivity index (χ1n) is 8.13. The van der Waals surface area contributed by atoms with Crippen LogP contribution in [0.5, 0.6) is 0 Å². The third-order valence-corrected chi connectivity index (χ3v) is 8.08. The first kappa shape index (κ1) is 26.2. The van der Waals surface area contributed by atoms with Gasteiger partial charge in [-0.15, -0.1) is 0 Å². The van der Waals surface area contributed by atoms with E-state index in [1.807, 2.05) is 4.98 Å². The van der Waals surface area contributed by atoms with Gasteiger partial charge in [0.1, 0.15) is 5.60 Å². The Labute approximate surface area is 172 Å². The van der Waals surface area contributed by atoms with E-state index in [9.17, 15) is 32.6 Å². The first-order valence-corrected chi connectivity index (χ1v) is 12.6. The van der Waals surface area contributed by atoms with Gasteiger partial charge < -0.3 is 30.0 Å². The Balaban J connectivity index is 2.21. The number of nitrogens with two attached hydrogens (primary N) is 1. The number of halogens is 1. The third kappa shape index (κ3) is 6.48.